The maximum atomic E-state index is 12.9. The van der Waals surface area contributed by atoms with E-state index in [1.807, 2.05) is 30.3 Å². The molecule has 0 aliphatic heterocycles. The number of carbonyl (C=O) groups is 1. The van der Waals surface area contributed by atoms with E-state index in [-0.39, 0.29) is 10.5 Å². The van der Waals surface area contributed by atoms with Crippen LogP contribution in [0.1, 0.15) is 28.6 Å². The van der Waals surface area contributed by atoms with Crippen LogP contribution in [-0.4, -0.2) is 25.6 Å². The molecule has 168 valence electrons. The van der Waals surface area contributed by atoms with Gasteiger partial charge in [0.2, 0.25) is 0 Å². The maximum absolute atomic E-state index is 12.9. The number of amides is 1. The number of nitrogens with one attached hydrogen (secondary N) is 1. The first-order chi connectivity index (χ1) is 15.9. The summed E-state index contributed by atoms with van der Waals surface area (Å²) < 4.78 is 24.2. The Morgan fingerprint density at radius 3 is 2.15 bits per heavy atom. The van der Waals surface area contributed by atoms with E-state index >= 15 is 0 Å². The highest BCUT2D eigenvalue weighted by Gasteiger charge is 2.20. The smallest absolute Gasteiger partial charge is 0.258 e. The van der Waals surface area contributed by atoms with Crippen LogP contribution in [0.4, 0.5) is 5.13 Å². The van der Waals surface area contributed by atoms with E-state index in [0.29, 0.717) is 5.13 Å². The van der Waals surface area contributed by atoms with Crippen molar-refractivity contribution in [2.45, 2.75) is 24.7 Å². The highest BCUT2D eigenvalue weighted by Crippen LogP contribution is 2.34. The standard InChI is InChI=1S/C26H24N2O3S2/c1-3-9-22-24(20-16-14-19(15-17-20)18-10-5-4-6-11-18)27-26(32-22)28-25(29)21-12-7-8-13-23(21)33(2,30)31/h4-8,10-17H,3,9H2,1-2H3,(H,27,28,29). The molecular weight excluding hydrogens is 452 g/mol. The fourth-order valence-electron chi connectivity index (χ4n) is 3.62. The summed E-state index contributed by atoms with van der Waals surface area (Å²) in [5, 5.41) is 3.25. The van der Waals surface area contributed by atoms with Gasteiger partial charge in [-0.15, -0.1) is 11.3 Å². The van der Waals surface area contributed by atoms with E-state index in [2.05, 4.69) is 36.5 Å². The normalized spacial score (nSPS) is 11.3. The summed E-state index contributed by atoms with van der Waals surface area (Å²) in [6.45, 7) is 2.10. The number of hydrogen-bond acceptors (Lipinski definition) is 5. The lowest BCUT2D eigenvalue weighted by atomic mass is 10.0. The predicted molar refractivity (Wildman–Crippen MR) is 134 cm³/mol. The van der Waals surface area contributed by atoms with Gasteiger partial charge in [0.05, 0.1) is 16.2 Å². The van der Waals surface area contributed by atoms with Gasteiger partial charge in [0.1, 0.15) is 0 Å². The van der Waals surface area contributed by atoms with Crippen LogP contribution in [0.2, 0.25) is 0 Å². The van der Waals surface area contributed by atoms with Gasteiger partial charge in [-0.1, -0.05) is 80.1 Å². The highest BCUT2D eigenvalue weighted by molar-refractivity contribution is 7.90. The minimum Gasteiger partial charge on any atom is -0.298 e. The topological polar surface area (TPSA) is 76.1 Å². The number of aryl methyl sites for hydroxylation is 1. The number of rotatable bonds is 7. The first kappa shape index (κ1) is 22.9. The first-order valence-electron chi connectivity index (χ1n) is 10.6. The molecule has 0 aliphatic rings. The van der Waals surface area contributed by atoms with E-state index in [9.17, 15) is 13.2 Å². The Hall–Kier alpha value is -3.29. The molecule has 4 rings (SSSR count). The number of aromatic nitrogens is 1. The van der Waals surface area contributed by atoms with Crippen LogP contribution in [0.25, 0.3) is 22.4 Å². The van der Waals surface area contributed by atoms with Gasteiger partial charge in [0, 0.05) is 16.7 Å². The van der Waals surface area contributed by atoms with E-state index in [1.54, 1.807) is 12.1 Å². The monoisotopic (exact) mass is 476 g/mol. The van der Waals surface area contributed by atoms with Gasteiger partial charge in [-0.05, 0) is 29.7 Å². The third kappa shape index (κ3) is 5.21. The molecule has 1 N–H and O–H groups in total. The van der Waals surface area contributed by atoms with Crippen molar-refractivity contribution in [1.29, 1.82) is 0 Å². The van der Waals surface area contributed by atoms with Crippen LogP contribution in [-0.2, 0) is 16.3 Å². The fraction of sp³-hybridized carbons (Fsp3) is 0.154. The molecule has 0 atom stereocenters. The molecule has 7 heteroatoms. The van der Waals surface area contributed by atoms with Crippen molar-refractivity contribution in [3.05, 3.63) is 89.3 Å². The molecule has 1 heterocycles. The summed E-state index contributed by atoms with van der Waals surface area (Å²) in [4.78, 5) is 18.7. The molecular formula is C26H24N2O3S2. The van der Waals surface area contributed by atoms with Gasteiger partial charge in [0.25, 0.3) is 5.91 Å². The van der Waals surface area contributed by atoms with E-state index in [0.717, 1.165) is 46.4 Å². The largest absolute Gasteiger partial charge is 0.298 e. The average molecular weight is 477 g/mol. The fourth-order valence-corrected chi connectivity index (χ4v) is 5.59. The number of sulfone groups is 1. The van der Waals surface area contributed by atoms with Gasteiger partial charge in [0.15, 0.2) is 15.0 Å². The number of benzene rings is 3. The van der Waals surface area contributed by atoms with Gasteiger partial charge in [-0.2, -0.15) is 0 Å². The summed E-state index contributed by atoms with van der Waals surface area (Å²) in [6, 6.07) is 24.6. The molecule has 1 amide bonds. The molecule has 0 saturated heterocycles. The van der Waals surface area contributed by atoms with Crippen LogP contribution in [0, 0.1) is 0 Å². The van der Waals surface area contributed by atoms with Crippen molar-refractivity contribution < 1.29 is 13.2 Å². The Labute approximate surface area is 198 Å². The Kier molecular flexibility index (Phi) is 6.72. The number of hydrogen-bond donors (Lipinski definition) is 1. The number of carbonyl (C=O) groups excluding carboxylic acids is 1. The number of anilines is 1. The minimum absolute atomic E-state index is 0.00422. The van der Waals surface area contributed by atoms with Crippen LogP contribution in [0.3, 0.4) is 0 Å². The molecule has 1 aromatic heterocycles. The van der Waals surface area contributed by atoms with Gasteiger partial charge in [-0.25, -0.2) is 13.4 Å². The second kappa shape index (κ2) is 9.68. The van der Waals surface area contributed by atoms with Gasteiger partial charge in [-0.3, -0.25) is 10.1 Å². The average Bonchev–Trinajstić information content (AvgIpc) is 3.21. The van der Waals surface area contributed by atoms with E-state index in [1.165, 1.54) is 23.5 Å². The highest BCUT2D eigenvalue weighted by atomic mass is 32.2. The molecule has 0 bridgehead atoms. The zero-order chi connectivity index (χ0) is 23.4. The van der Waals surface area contributed by atoms with Crippen molar-refractivity contribution in [1.82, 2.24) is 4.98 Å². The zero-order valence-electron chi connectivity index (χ0n) is 18.4. The Morgan fingerprint density at radius 2 is 1.48 bits per heavy atom. The summed E-state index contributed by atoms with van der Waals surface area (Å²) >= 11 is 1.42. The second-order valence-electron chi connectivity index (χ2n) is 7.71. The van der Waals surface area contributed by atoms with Crippen molar-refractivity contribution in [2.75, 3.05) is 11.6 Å². The van der Waals surface area contributed by atoms with Crippen LogP contribution in [0.15, 0.2) is 83.8 Å². The lowest BCUT2D eigenvalue weighted by Crippen LogP contribution is -2.15. The first-order valence-corrected chi connectivity index (χ1v) is 13.3. The van der Waals surface area contributed by atoms with Crippen molar-refractivity contribution in [3.8, 4) is 22.4 Å². The summed E-state index contributed by atoms with van der Waals surface area (Å²) in [5.74, 6) is -0.487. The molecule has 0 unspecified atom stereocenters. The van der Waals surface area contributed by atoms with Gasteiger partial charge >= 0.3 is 0 Å². The molecule has 3 aromatic carbocycles. The minimum atomic E-state index is -3.53. The molecule has 0 spiro atoms. The molecule has 0 fully saturated rings. The predicted octanol–water partition coefficient (Wildman–Crippen LogP) is 6.09. The zero-order valence-corrected chi connectivity index (χ0v) is 20.0. The SMILES string of the molecule is CCCc1sc(NC(=O)c2ccccc2S(C)(=O)=O)nc1-c1ccc(-c2ccccc2)cc1. The van der Waals surface area contributed by atoms with Crippen molar-refractivity contribution in [3.63, 3.8) is 0 Å². The maximum Gasteiger partial charge on any atom is 0.258 e. The third-order valence-electron chi connectivity index (χ3n) is 5.19. The van der Waals surface area contributed by atoms with Crippen LogP contribution >= 0.6 is 11.3 Å². The van der Waals surface area contributed by atoms with Crippen LogP contribution in [0.5, 0.6) is 0 Å². The molecule has 4 aromatic rings. The Morgan fingerprint density at radius 1 is 0.879 bits per heavy atom. The van der Waals surface area contributed by atoms with Crippen molar-refractivity contribution in [2.24, 2.45) is 0 Å². The van der Waals surface area contributed by atoms with Crippen LogP contribution < -0.4 is 5.32 Å². The molecule has 0 aliphatic carbocycles. The van der Waals surface area contributed by atoms with E-state index < -0.39 is 15.7 Å². The molecule has 5 nitrogen and oxygen atoms in total. The molecule has 0 radical (unpaired) electrons. The van der Waals surface area contributed by atoms with Gasteiger partial charge < -0.3 is 0 Å². The third-order valence-corrected chi connectivity index (χ3v) is 7.38. The molecule has 0 saturated carbocycles. The Balaban J connectivity index is 1.63. The molecule has 33 heavy (non-hydrogen) atoms. The lowest BCUT2D eigenvalue weighted by Gasteiger charge is -2.07. The lowest BCUT2D eigenvalue weighted by molar-refractivity contribution is 0.102. The quantitative estimate of drug-likeness (QED) is 0.350. The second-order valence-corrected chi connectivity index (χ2v) is 10.8. The summed E-state index contributed by atoms with van der Waals surface area (Å²) in [5.41, 5.74) is 4.20. The number of thiazole rings is 1. The summed E-state index contributed by atoms with van der Waals surface area (Å²) in [6.07, 6.45) is 2.88. The van der Waals surface area contributed by atoms with E-state index in [4.69, 9.17) is 4.98 Å². The Bertz CT molecular complexity index is 1380. The number of nitrogens with zero attached hydrogens (tertiary/aromatic N) is 1. The van der Waals surface area contributed by atoms with Crippen molar-refractivity contribution >= 4 is 32.2 Å². The summed E-state index contributed by atoms with van der Waals surface area (Å²) in [7, 11) is -3.53.